The molecule has 1 fully saturated rings. The Kier molecular flexibility index (Phi) is 5.95. The summed E-state index contributed by atoms with van der Waals surface area (Å²) in [7, 11) is 1.93. The van der Waals surface area contributed by atoms with E-state index in [1.807, 2.05) is 18.8 Å². The second-order valence-electron chi connectivity index (χ2n) is 5.40. The molecule has 2 N–H and O–H groups in total. The van der Waals surface area contributed by atoms with Gasteiger partial charge in [0.2, 0.25) is 0 Å². The molecule has 0 amide bonds. The molecule has 4 nitrogen and oxygen atoms in total. The Hall–Kier alpha value is -0.970. The van der Waals surface area contributed by atoms with Crippen molar-refractivity contribution < 1.29 is 0 Å². The molecule has 0 radical (unpaired) electrons. The molecule has 0 saturated heterocycles. The van der Waals surface area contributed by atoms with Crippen LogP contribution in [0.25, 0.3) is 0 Å². The average molecular weight is 294 g/mol. The maximum atomic E-state index is 4.47. The topological polar surface area (TPSA) is 49.8 Å². The molecule has 5 heteroatoms. The van der Waals surface area contributed by atoms with Crippen molar-refractivity contribution in [1.82, 2.24) is 9.97 Å². The van der Waals surface area contributed by atoms with Gasteiger partial charge in [-0.25, -0.2) is 9.97 Å². The van der Waals surface area contributed by atoms with Gasteiger partial charge in [0.15, 0.2) is 0 Å². The molecule has 0 atom stereocenters. The van der Waals surface area contributed by atoms with Gasteiger partial charge in [-0.3, -0.25) is 0 Å². The highest BCUT2D eigenvalue weighted by molar-refractivity contribution is 7.99. The summed E-state index contributed by atoms with van der Waals surface area (Å²) >= 11 is 2.01. The van der Waals surface area contributed by atoms with Crippen LogP contribution in [0.5, 0.6) is 0 Å². The zero-order valence-electron chi connectivity index (χ0n) is 12.8. The molecule has 112 valence electrons. The van der Waals surface area contributed by atoms with Gasteiger partial charge in [-0.15, -0.1) is 0 Å². The number of hydrogen-bond donors (Lipinski definition) is 2. The summed E-state index contributed by atoms with van der Waals surface area (Å²) in [4.78, 5) is 8.80. The third-order valence-corrected chi connectivity index (χ3v) is 5.17. The summed E-state index contributed by atoms with van der Waals surface area (Å²) in [5.41, 5.74) is 1.23. The Bertz CT molecular complexity index is 416. The van der Waals surface area contributed by atoms with Crippen molar-refractivity contribution in [2.45, 2.75) is 56.7 Å². The van der Waals surface area contributed by atoms with Crippen LogP contribution in [0.3, 0.4) is 0 Å². The van der Waals surface area contributed by atoms with E-state index < -0.39 is 0 Å². The second kappa shape index (κ2) is 7.72. The van der Waals surface area contributed by atoms with Crippen molar-refractivity contribution in [2.75, 3.05) is 23.9 Å². The maximum absolute atomic E-state index is 4.47. The number of hydrogen-bond acceptors (Lipinski definition) is 5. The molecule has 1 aliphatic carbocycles. The fraction of sp³-hybridized carbons (Fsp3) is 0.733. The first kappa shape index (κ1) is 15.4. The molecule has 0 spiro atoms. The van der Waals surface area contributed by atoms with E-state index >= 15 is 0 Å². The first-order valence-electron chi connectivity index (χ1n) is 7.59. The Morgan fingerprint density at radius 2 is 1.90 bits per heavy atom. The molecule has 1 aliphatic rings. The number of aromatic nitrogens is 2. The summed E-state index contributed by atoms with van der Waals surface area (Å²) in [6.07, 6.45) is 11.1. The number of rotatable bonds is 6. The highest BCUT2D eigenvalue weighted by Gasteiger charge is 2.21. The van der Waals surface area contributed by atoms with Gasteiger partial charge in [-0.05, 0) is 38.4 Å². The molecular weight excluding hydrogens is 268 g/mol. The van der Waals surface area contributed by atoms with Crippen LogP contribution in [-0.2, 0) is 6.42 Å². The fourth-order valence-electron chi connectivity index (χ4n) is 2.88. The average Bonchev–Trinajstić information content (AvgIpc) is 2.50. The molecule has 1 saturated carbocycles. The quantitative estimate of drug-likeness (QED) is 0.840. The standard InChI is InChI=1S/C15H26N4S/c1-4-5-13-14(16-2)17-10-18-15(13)19-11-6-8-12(20-3)9-7-11/h10-12H,4-9H2,1-3H3,(H2,16,17,18,19). The van der Waals surface area contributed by atoms with Crippen molar-refractivity contribution in [1.29, 1.82) is 0 Å². The zero-order valence-corrected chi connectivity index (χ0v) is 13.6. The van der Waals surface area contributed by atoms with Crippen LogP contribution in [0.15, 0.2) is 6.33 Å². The molecule has 0 bridgehead atoms. The Morgan fingerprint density at radius 1 is 1.20 bits per heavy atom. The van der Waals surface area contributed by atoms with Gasteiger partial charge in [-0.2, -0.15) is 11.8 Å². The lowest BCUT2D eigenvalue weighted by molar-refractivity contribution is 0.472. The summed E-state index contributed by atoms with van der Waals surface area (Å²) in [5, 5.41) is 7.68. The van der Waals surface area contributed by atoms with Crippen LogP contribution in [0, 0.1) is 0 Å². The van der Waals surface area contributed by atoms with E-state index in [1.54, 1.807) is 6.33 Å². The van der Waals surface area contributed by atoms with Crippen LogP contribution in [0.1, 0.15) is 44.6 Å². The van der Waals surface area contributed by atoms with Gasteiger partial charge in [0.25, 0.3) is 0 Å². The second-order valence-corrected chi connectivity index (χ2v) is 6.54. The monoisotopic (exact) mass is 294 g/mol. The molecule has 1 heterocycles. The van der Waals surface area contributed by atoms with E-state index in [1.165, 1.54) is 31.2 Å². The van der Waals surface area contributed by atoms with Gasteiger partial charge >= 0.3 is 0 Å². The zero-order chi connectivity index (χ0) is 14.4. The molecule has 1 aromatic rings. The third kappa shape index (κ3) is 3.78. The van der Waals surface area contributed by atoms with E-state index in [4.69, 9.17) is 0 Å². The highest BCUT2D eigenvalue weighted by Crippen LogP contribution is 2.30. The maximum Gasteiger partial charge on any atom is 0.134 e. The van der Waals surface area contributed by atoms with Crippen LogP contribution >= 0.6 is 11.8 Å². The highest BCUT2D eigenvalue weighted by atomic mass is 32.2. The Balaban J connectivity index is 2.05. The number of nitrogens with zero attached hydrogens (tertiary/aromatic N) is 2. The predicted octanol–water partition coefficient (Wildman–Crippen LogP) is 3.56. The third-order valence-electron chi connectivity index (χ3n) is 4.03. The van der Waals surface area contributed by atoms with Crippen LogP contribution < -0.4 is 10.6 Å². The predicted molar refractivity (Wildman–Crippen MR) is 88.8 cm³/mol. The Morgan fingerprint density at radius 3 is 2.50 bits per heavy atom. The number of anilines is 2. The number of thioether (sulfide) groups is 1. The van der Waals surface area contributed by atoms with Gasteiger partial charge in [0.1, 0.15) is 18.0 Å². The SMILES string of the molecule is CCCc1c(NC)ncnc1NC1CCC(SC)CC1. The van der Waals surface area contributed by atoms with E-state index in [0.717, 1.165) is 29.7 Å². The summed E-state index contributed by atoms with van der Waals surface area (Å²) < 4.78 is 0. The molecule has 0 aliphatic heterocycles. The summed E-state index contributed by atoms with van der Waals surface area (Å²) in [6.45, 7) is 2.19. The van der Waals surface area contributed by atoms with Gasteiger partial charge in [0.05, 0.1) is 0 Å². The minimum Gasteiger partial charge on any atom is -0.373 e. The van der Waals surface area contributed by atoms with Crippen molar-refractivity contribution in [3.8, 4) is 0 Å². The van der Waals surface area contributed by atoms with Crippen molar-refractivity contribution in [3.05, 3.63) is 11.9 Å². The lowest BCUT2D eigenvalue weighted by Crippen LogP contribution is -2.28. The van der Waals surface area contributed by atoms with E-state index in [2.05, 4.69) is 33.8 Å². The molecule has 20 heavy (non-hydrogen) atoms. The van der Waals surface area contributed by atoms with Gasteiger partial charge in [-0.1, -0.05) is 13.3 Å². The molecule has 1 aromatic heterocycles. The van der Waals surface area contributed by atoms with Gasteiger partial charge < -0.3 is 10.6 Å². The Labute approximate surface area is 126 Å². The van der Waals surface area contributed by atoms with Crippen molar-refractivity contribution in [2.24, 2.45) is 0 Å². The fourth-order valence-corrected chi connectivity index (χ4v) is 3.62. The van der Waals surface area contributed by atoms with Crippen LogP contribution in [0.4, 0.5) is 11.6 Å². The first-order chi connectivity index (χ1) is 9.78. The molecule has 0 aromatic carbocycles. The molecular formula is C15H26N4S. The lowest BCUT2D eigenvalue weighted by Gasteiger charge is -2.29. The molecule has 2 rings (SSSR count). The van der Waals surface area contributed by atoms with Crippen LogP contribution in [-0.4, -0.2) is 34.6 Å². The normalized spacial score (nSPS) is 22.6. The first-order valence-corrected chi connectivity index (χ1v) is 8.88. The van der Waals surface area contributed by atoms with Crippen molar-refractivity contribution in [3.63, 3.8) is 0 Å². The minimum absolute atomic E-state index is 0.564. The van der Waals surface area contributed by atoms with E-state index in [9.17, 15) is 0 Å². The number of nitrogens with one attached hydrogen (secondary N) is 2. The largest absolute Gasteiger partial charge is 0.373 e. The van der Waals surface area contributed by atoms with E-state index in [0.29, 0.717) is 6.04 Å². The summed E-state index contributed by atoms with van der Waals surface area (Å²) in [6, 6.07) is 0.564. The van der Waals surface area contributed by atoms with E-state index in [-0.39, 0.29) is 0 Å². The smallest absolute Gasteiger partial charge is 0.134 e. The van der Waals surface area contributed by atoms with Gasteiger partial charge in [0, 0.05) is 23.9 Å². The van der Waals surface area contributed by atoms with Crippen molar-refractivity contribution >= 4 is 23.4 Å². The molecule has 0 unspecified atom stereocenters. The summed E-state index contributed by atoms with van der Waals surface area (Å²) in [5.74, 6) is 1.99. The van der Waals surface area contributed by atoms with Crippen LogP contribution in [0.2, 0.25) is 0 Å². The minimum atomic E-state index is 0.564. The lowest BCUT2D eigenvalue weighted by atomic mass is 9.95.